The van der Waals surface area contributed by atoms with Crippen LogP contribution in [0.4, 0.5) is 0 Å². The molecular weight excluding hydrogens is 900 g/mol. The monoisotopic (exact) mass is 1010 g/mol. The van der Waals surface area contributed by atoms with Gasteiger partial charge in [-0.25, -0.2) is 4.57 Å². The van der Waals surface area contributed by atoms with E-state index in [-0.39, 0.29) is 19.1 Å². The number of allylic oxidation sites excluding steroid dienone is 19. The molecule has 0 saturated carbocycles. The molecule has 3 unspecified atom stereocenters. The molecule has 0 fully saturated rings. The summed E-state index contributed by atoms with van der Waals surface area (Å²) in [6, 6.07) is -0.851. The molecule has 0 aliphatic carbocycles. The summed E-state index contributed by atoms with van der Waals surface area (Å²) < 4.78 is 23.5. The van der Waals surface area contributed by atoms with E-state index in [0.29, 0.717) is 17.4 Å². The third-order valence-corrected chi connectivity index (χ3v) is 12.9. The molecule has 0 spiro atoms. The lowest BCUT2D eigenvalue weighted by Crippen LogP contribution is -2.45. The zero-order valence-corrected chi connectivity index (χ0v) is 47.1. The van der Waals surface area contributed by atoms with E-state index < -0.39 is 20.0 Å². The minimum absolute atomic E-state index is 0.0565. The molecule has 3 N–H and O–H groups in total. The third kappa shape index (κ3) is 54.5. The summed E-state index contributed by atoms with van der Waals surface area (Å²) in [5.74, 6) is -0.187. The first-order valence-electron chi connectivity index (χ1n) is 28.4. The number of unbranched alkanes of at least 4 members (excludes halogenated alkanes) is 19. The van der Waals surface area contributed by atoms with Crippen LogP contribution in [0.25, 0.3) is 0 Å². The lowest BCUT2D eigenvalue weighted by molar-refractivity contribution is -0.870. The number of aliphatic hydroxyl groups is 1. The largest absolute Gasteiger partial charge is 0.472 e. The number of amides is 1. The van der Waals surface area contributed by atoms with E-state index in [1.807, 2.05) is 27.2 Å². The minimum atomic E-state index is -4.34. The van der Waals surface area contributed by atoms with E-state index in [4.69, 9.17) is 9.05 Å². The summed E-state index contributed by atoms with van der Waals surface area (Å²) in [5.41, 5.74) is 0. The maximum atomic E-state index is 12.9. The fraction of sp³-hybridized carbons (Fsp3) is 0.661. The van der Waals surface area contributed by atoms with E-state index in [0.717, 1.165) is 96.3 Å². The minimum Gasteiger partial charge on any atom is -0.387 e. The van der Waals surface area contributed by atoms with Gasteiger partial charge in [-0.15, -0.1) is 0 Å². The highest BCUT2D eigenvalue weighted by atomic mass is 31.2. The van der Waals surface area contributed by atoms with Crippen LogP contribution in [0, 0.1) is 0 Å². The number of nitrogens with zero attached hydrogens (tertiary/aromatic N) is 1. The summed E-state index contributed by atoms with van der Waals surface area (Å²) in [7, 11) is 1.56. The molecule has 0 aromatic carbocycles. The Hall–Kier alpha value is -3.10. The Morgan fingerprint density at radius 3 is 1.24 bits per heavy atom. The maximum absolute atomic E-state index is 12.9. The van der Waals surface area contributed by atoms with Gasteiger partial charge in [-0.05, 0) is 89.9 Å². The first kappa shape index (κ1) is 67.9. The molecule has 406 valence electrons. The summed E-state index contributed by atoms with van der Waals surface area (Å²) in [5, 5.41) is 13.8. The SMILES string of the molecule is CC/C=C\C/C=C\C/C=C\C/C=C\C/C=C\C/C=C\C/C=C\C/C=C\C/C=C\CCCCCCCCCCCCCCCC(=O)NC(COP(=O)(O)OCC[N+](C)(C)C)C(O)/C=C/CCCCCCCC. The number of hydrogen-bond acceptors (Lipinski definition) is 5. The number of carbonyl (C=O) groups excluding carboxylic acids is 1. The van der Waals surface area contributed by atoms with E-state index in [9.17, 15) is 19.4 Å². The smallest absolute Gasteiger partial charge is 0.387 e. The average Bonchev–Trinajstić information content (AvgIpc) is 3.33. The van der Waals surface area contributed by atoms with Crippen molar-refractivity contribution in [2.45, 2.75) is 225 Å². The fourth-order valence-corrected chi connectivity index (χ4v) is 8.24. The Balaban J connectivity index is 3.94. The Kier molecular flexibility index (Phi) is 49.5. The van der Waals surface area contributed by atoms with Gasteiger partial charge in [0.15, 0.2) is 0 Å². The highest BCUT2D eigenvalue weighted by Crippen LogP contribution is 2.43. The second-order valence-electron chi connectivity index (χ2n) is 19.9. The van der Waals surface area contributed by atoms with Gasteiger partial charge >= 0.3 is 7.82 Å². The van der Waals surface area contributed by atoms with E-state index in [1.165, 1.54) is 96.3 Å². The Labute approximate surface area is 437 Å². The Morgan fingerprint density at radius 2 is 0.845 bits per heavy atom. The lowest BCUT2D eigenvalue weighted by Gasteiger charge is -2.25. The van der Waals surface area contributed by atoms with Crippen molar-refractivity contribution in [1.82, 2.24) is 5.32 Å². The highest BCUT2D eigenvalue weighted by Gasteiger charge is 2.27. The van der Waals surface area contributed by atoms with Gasteiger partial charge in [0.25, 0.3) is 0 Å². The van der Waals surface area contributed by atoms with Crippen LogP contribution in [-0.2, 0) is 18.4 Å². The summed E-state index contributed by atoms with van der Waals surface area (Å²) in [6.07, 6.45) is 77.6. The summed E-state index contributed by atoms with van der Waals surface area (Å²) in [6.45, 7) is 4.64. The van der Waals surface area contributed by atoms with Crippen molar-refractivity contribution in [1.29, 1.82) is 0 Å². The van der Waals surface area contributed by atoms with Crippen molar-refractivity contribution in [2.75, 3.05) is 40.9 Å². The van der Waals surface area contributed by atoms with Gasteiger partial charge in [0.1, 0.15) is 13.2 Å². The van der Waals surface area contributed by atoms with Crippen LogP contribution in [0.3, 0.4) is 0 Å². The number of carbonyl (C=O) groups is 1. The van der Waals surface area contributed by atoms with Crippen molar-refractivity contribution in [3.63, 3.8) is 0 Å². The molecule has 0 aromatic rings. The van der Waals surface area contributed by atoms with Gasteiger partial charge in [0.05, 0.1) is 39.9 Å². The second-order valence-corrected chi connectivity index (χ2v) is 21.4. The Bertz CT molecular complexity index is 1560. The lowest BCUT2D eigenvalue weighted by atomic mass is 10.0. The van der Waals surface area contributed by atoms with Gasteiger partial charge in [0.2, 0.25) is 5.91 Å². The van der Waals surface area contributed by atoms with Crippen molar-refractivity contribution in [3.05, 3.63) is 122 Å². The molecule has 3 atom stereocenters. The van der Waals surface area contributed by atoms with E-state index in [1.54, 1.807) is 6.08 Å². The van der Waals surface area contributed by atoms with Crippen molar-refractivity contribution in [2.24, 2.45) is 0 Å². The number of quaternary nitrogens is 1. The van der Waals surface area contributed by atoms with Gasteiger partial charge in [-0.2, -0.15) is 0 Å². The van der Waals surface area contributed by atoms with Crippen LogP contribution >= 0.6 is 7.82 Å². The number of hydrogen-bond donors (Lipinski definition) is 3. The summed E-state index contributed by atoms with van der Waals surface area (Å²) >= 11 is 0. The normalized spacial score (nSPS) is 14.9. The molecule has 0 aliphatic heterocycles. The first-order valence-corrected chi connectivity index (χ1v) is 29.9. The zero-order valence-electron chi connectivity index (χ0n) is 46.2. The molecular formula is C62H108N2O6P+. The number of rotatable bonds is 50. The number of likely N-dealkylation sites (N-methyl/N-ethyl adjacent to an activating group) is 1. The van der Waals surface area contributed by atoms with Gasteiger partial charge in [0, 0.05) is 6.42 Å². The van der Waals surface area contributed by atoms with Crippen LogP contribution in [0.5, 0.6) is 0 Å². The molecule has 8 nitrogen and oxygen atoms in total. The first-order chi connectivity index (χ1) is 34.5. The molecule has 0 radical (unpaired) electrons. The predicted octanol–water partition coefficient (Wildman–Crippen LogP) is 17.4. The summed E-state index contributed by atoms with van der Waals surface area (Å²) in [4.78, 5) is 23.1. The number of aliphatic hydroxyl groups excluding tert-OH is 1. The van der Waals surface area contributed by atoms with E-state index >= 15 is 0 Å². The van der Waals surface area contributed by atoms with Gasteiger partial charge in [-0.3, -0.25) is 13.8 Å². The predicted molar refractivity (Wildman–Crippen MR) is 308 cm³/mol. The molecule has 0 aromatic heterocycles. The molecule has 0 rings (SSSR count). The molecule has 1 amide bonds. The molecule has 0 bridgehead atoms. The Morgan fingerprint density at radius 1 is 0.493 bits per heavy atom. The van der Waals surface area contributed by atoms with Crippen molar-refractivity contribution in [3.8, 4) is 0 Å². The van der Waals surface area contributed by atoms with Gasteiger partial charge in [-0.1, -0.05) is 238 Å². The number of phosphoric acid groups is 1. The number of nitrogens with one attached hydrogen (secondary N) is 1. The van der Waals surface area contributed by atoms with Crippen LogP contribution in [-0.4, -0.2) is 73.4 Å². The topological polar surface area (TPSA) is 105 Å². The van der Waals surface area contributed by atoms with E-state index in [2.05, 4.69) is 129 Å². The zero-order chi connectivity index (χ0) is 52.0. The molecule has 71 heavy (non-hydrogen) atoms. The highest BCUT2D eigenvalue weighted by molar-refractivity contribution is 7.47. The standard InChI is InChI=1S/C62H107N2O6P/c1-6-8-10-12-14-16-17-18-19-20-21-22-23-24-25-26-27-28-29-30-31-32-33-34-35-36-37-38-39-40-41-42-43-44-45-46-47-48-50-52-54-56-62(66)63-60(59-70-71(67,68)69-58-57-64(3,4)5)61(65)55-53-51-49-15-13-11-9-7-2/h8,10,14,16,18-19,21-22,24-25,27-28,30-31,33-34,36-37,53,55,60-61,65H,6-7,9,11-13,15,17,20,23,26,29,32,35,38-52,54,56-59H2,1-5H3,(H-,63,66,67,68)/p+1/b10-8-,16-14-,19-18-,22-21-,25-24-,28-27-,31-30-,34-33-,37-36-,55-53+. The molecule has 9 heteroatoms. The fourth-order valence-electron chi connectivity index (χ4n) is 7.50. The van der Waals surface area contributed by atoms with Crippen molar-refractivity contribution < 1.29 is 32.9 Å². The van der Waals surface area contributed by atoms with Crippen LogP contribution < -0.4 is 5.32 Å². The van der Waals surface area contributed by atoms with Crippen LogP contribution in [0.15, 0.2) is 122 Å². The molecule has 0 heterocycles. The van der Waals surface area contributed by atoms with Crippen LogP contribution in [0.1, 0.15) is 213 Å². The maximum Gasteiger partial charge on any atom is 0.472 e. The molecule has 0 aliphatic rings. The average molecular weight is 1010 g/mol. The number of phosphoric ester groups is 1. The van der Waals surface area contributed by atoms with Crippen LogP contribution in [0.2, 0.25) is 0 Å². The van der Waals surface area contributed by atoms with Crippen molar-refractivity contribution >= 4 is 13.7 Å². The second kappa shape index (κ2) is 51.8. The third-order valence-electron chi connectivity index (χ3n) is 11.9. The van der Waals surface area contributed by atoms with Gasteiger partial charge < -0.3 is 19.8 Å². The quantitative estimate of drug-likeness (QED) is 0.0243. The molecule has 0 saturated heterocycles.